The third kappa shape index (κ3) is 2.83. The van der Waals surface area contributed by atoms with Gasteiger partial charge in [0.25, 0.3) is 0 Å². The fraction of sp³-hybridized carbons (Fsp3) is 0.500. The lowest BCUT2D eigenvalue weighted by Gasteiger charge is -2.04. The first-order valence-electron chi connectivity index (χ1n) is 4.43. The Balaban J connectivity index is 2.75. The zero-order valence-electron chi connectivity index (χ0n) is 7.99. The number of nitriles is 1. The third-order valence-electron chi connectivity index (χ3n) is 1.78. The molecule has 0 N–H and O–H groups in total. The minimum absolute atomic E-state index is 0.420. The van der Waals surface area contributed by atoms with Crippen LogP contribution in [0.1, 0.15) is 37.7 Å². The molecule has 0 bridgehead atoms. The van der Waals surface area contributed by atoms with E-state index in [2.05, 4.69) is 29.9 Å². The molecule has 0 atom stereocenters. The average molecular weight is 175 g/mol. The van der Waals surface area contributed by atoms with Crippen LogP contribution in [-0.4, -0.2) is 9.97 Å². The van der Waals surface area contributed by atoms with E-state index in [0.29, 0.717) is 18.8 Å². The first kappa shape index (κ1) is 9.66. The molecule has 0 unspecified atom stereocenters. The molecule has 1 rings (SSSR count). The predicted octanol–water partition coefficient (Wildman–Crippen LogP) is 2.06. The van der Waals surface area contributed by atoms with Crippen LogP contribution in [0.5, 0.6) is 0 Å². The lowest BCUT2D eigenvalue weighted by atomic mass is 10.1. The van der Waals surface area contributed by atoms with E-state index in [-0.39, 0.29) is 0 Å². The Morgan fingerprint density at radius 1 is 1.54 bits per heavy atom. The summed E-state index contributed by atoms with van der Waals surface area (Å²) in [5.74, 6) is 1.19. The van der Waals surface area contributed by atoms with E-state index in [1.807, 2.05) is 6.07 Å². The van der Waals surface area contributed by atoms with Gasteiger partial charge in [0.15, 0.2) is 0 Å². The van der Waals surface area contributed by atoms with Gasteiger partial charge in [-0.15, -0.1) is 0 Å². The fourth-order valence-electron chi connectivity index (χ4n) is 1.02. The summed E-state index contributed by atoms with van der Waals surface area (Å²) in [5.41, 5.74) is 1.04. The largest absolute Gasteiger partial charge is 0.241 e. The Hall–Kier alpha value is -1.43. The normalized spacial score (nSPS) is 10.0. The van der Waals surface area contributed by atoms with Crippen molar-refractivity contribution in [1.82, 2.24) is 9.97 Å². The molecule has 0 fully saturated rings. The Bertz CT molecular complexity index is 312. The first-order chi connectivity index (χ1) is 6.24. The van der Waals surface area contributed by atoms with E-state index in [4.69, 9.17) is 5.26 Å². The van der Waals surface area contributed by atoms with Crippen molar-refractivity contribution in [2.24, 2.45) is 0 Å². The van der Waals surface area contributed by atoms with Crippen LogP contribution in [-0.2, 0) is 6.42 Å². The van der Waals surface area contributed by atoms with Crippen LogP contribution in [0, 0.1) is 11.3 Å². The summed E-state index contributed by atoms with van der Waals surface area (Å²) in [6.45, 7) is 4.19. The molecule has 0 amide bonds. The molecule has 3 nitrogen and oxygen atoms in total. The van der Waals surface area contributed by atoms with Crippen LogP contribution in [0.2, 0.25) is 0 Å². The van der Waals surface area contributed by atoms with Gasteiger partial charge in [-0.2, -0.15) is 5.26 Å². The molecule has 0 aliphatic heterocycles. The predicted molar refractivity (Wildman–Crippen MR) is 50.1 cm³/mol. The maximum Gasteiger partial charge on any atom is 0.129 e. The van der Waals surface area contributed by atoms with Crippen molar-refractivity contribution in [2.75, 3.05) is 0 Å². The number of hydrogen-bond acceptors (Lipinski definition) is 3. The first-order valence-corrected chi connectivity index (χ1v) is 4.43. The second kappa shape index (κ2) is 4.56. The van der Waals surface area contributed by atoms with Gasteiger partial charge in [0, 0.05) is 24.7 Å². The second-order valence-corrected chi connectivity index (χ2v) is 3.21. The van der Waals surface area contributed by atoms with Crippen molar-refractivity contribution in [2.45, 2.75) is 32.6 Å². The maximum absolute atomic E-state index is 8.40. The van der Waals surface area contributed by atoms with Crippen LogP contribution in [0.3, 0.4) is 0 Å². The Kier molecular flexibility index (Phi) is 3.39. The van der Waals surface area contributed by atoms with Gasteiger partial charge in [0.05, 0.1) is 6.07 Å². The van der Waals surface area contributed by atoms with E-state index in [1.54, 1.807) is 6.20 Å². The highest BCUT2D eigenvalue weighted by Crippen LogP contribution is 2.10. The van der Waals surface area contributed by atoms with Crippen LogP contribution in [0.15, 0.2) is 12.3 Å². The van der Waals surface area contributed by atoms with Crippen LogP contribution >= 0.6 is 0 Å². The summed E-state index contributed by atoms with van der Waals surface area (Å²) in [5, 5.41) is 8.40. The Morgan fingerprint density at radius 3 is 2.92 bits per heavy atom. The summed E-state index contributed by atoms with van der Waals surface area (Å²) in [6, 6.07) is 4.00. The smallest absolute Gasteiger partial charge is 0.129 e. The van der Waals surface area contributed by atoms with Gasteiger partial charge in [-0.1, -0.05) is 13.8 Å². The summed E-state index contributed by atoms with van der Waals surface area (Å²) >= 11 is 0. The van der Waals surface area contributed by atoms with Crippen molar-refractivity contribution < 1.29 is 0 Å². The molecule has 1 heterocycles. The van der Waals surface area contributed by atoms with E-state index in [0.717, 1.165) is 11.5 Å². The van der Waals surface area contributed by atoms with Gasteiger partial charge in [-0.25, -0.2) is 9.97 Å². The summed E-state index contributed by atoms with van der Waals surface area (Å²) in [7, 11) is 0. The van der Waals surface area contributed by atoms with Gasteiger partial charge >= 0.3 is 0 Å². The Labute approximate surface area is 78.5 Å². The summed E-state index contributed by atoms with van der Waals surface area (Å²) in [6.07, 6.45) is 2.90. The third-order valence-corrected chi connectivity index (χ3v) is 1.78. The molecule has 13 heavy (non-hydrogen) atoms. The summed E-state index contributed by atoms with van der Waals surface area (Å²) in [4.78, 5) is 8.44. The van der Waals surface area contributed by atoms with E-state index >= 15 is 0 Å². The van der Waals surface area contributed by atoms with Gasteiger partial charge in [0.2, 0.25) is 0 Å². The van der Waals surface area contributed by atoms with Crippen LogP contribution < -0.4 is 0 Å². The fourth-order valence-corrected chi connectivity index (χ4v) is 1.02. The minimum Gasteiger partial charge on any atom is -0.241 e. The highest BCUT2D eigenvalue weighted by atomic mass is 14.9. The van der Waals surface area contributed by atoms with Crippen molar-refractivity contribution in [3.63, 3.8) is 0 Å². The van der Waals surface area contributed by atoms with E-state index in [1.165, 1.54) is 0 Å². The molecule has 1 aromatic rings. The molecule has 0 saturated carbocycles. The van der Waals surface area contributed by atoms with Crippen LogP contribution in [0.25, 0.3) is 0 Å². The summed E-state index contributed by atoms with van der Waals surface area (Å²) < 4.78 is 0. The van der Waals surface area contributed by atoms with Gasteiger partial charge < -0.3 is 0 Å². The standard InChI is InChI=1S/C10H13N3/c1-8(2)9-5-7-12-10(13-9)4-3-6-11/h5,7-8H,3-4H2,1-2H3. The molecule has 0 aromatic carbocycles. The molecule has 0 spiro atoms. The number of rotatable bonds is 3. The van der Waals surface area contributed by atoms with E-state index < -0.39 is 0 Å². The number of nitrogens with zero attached hydrogens (tertiary/aromatic N) is 3. The number of aromatic nitrogens is 2. The monoisotopic (exact) mass is 175 g/mol. The molecule has 68 valence electrons. The second-order valence-electron chi connectivity index (χ2n) is 3.21. The molecule has 1 aromatic heterocycles. The van der Waals surface area contributed by atoms with Gasteiger partial charge in [-0.3, -0.25) is 0 Å². The molecule has 0 aliphatic rings. The number of aryl methyl sites for hydroxylation is 1. The molecular formula is C10H13N3. The SMILES string of the molecule is CC(C)c1ccnc(CCC#N)n1. The molecular weight excluding hydrogens is 162 g/mol. The van der Waals surface area contributed by atoms with Gasteiger partial charge in [-0.05, 0) is 12.0 Å². The lowest BCUT2D eigenvalue weighted by molar-refractivity contribution is 0.777. The van der Waals surface area contributed by atoms with Crippen LogP contribution in [0.4, 0.5) is 0 Å². The molecule has 3 heteroatoms. The lowest BCUT2D eigenvalue weighted by Crippen LogP contribution is -1.99. The zero-order chi connectivity index (χ0) is 9.68. The van der Waals surface area contributed by atoms with Crippen molar-refractivity contribution in [3.05, 3.63) is 23.8 Å². The molecule has 0 radical (unpaired) electrons. The minimum atomic E-state index is 0.420. The van der Waals surface area contributed by atoms with Crippen molar-refractivity contribution in [1.29, 1.82) is 5.26 Å². The zero-order valence-corrected chi connectivity index (χ0v) is 7.99. The average Bonchev–Trinajstić information content (AvgIpc) is 2.15. The topological polar surface area (TPSA) is 49.6 Å². The molecule has 0 saturated heterocycles. The van der Waals surface area contributed by atoms with Crippen molar-refractivity contribution in [3.8, 4) is 6.07 Å². The van der Waals surface area contributed by atoms with Crippen molar-refractivity contribution >= 4 is 0 Å². The quantitative estimate of drug-likeness (QED) is 0.706. The highest BCUT2D eigenvalue weighted by molar-refractivity contribution is 5.06. The maximum atomic E-state index is 8.40. The molecule has 0 aliphatic carbocycles. The van der Waals surface area contributed by atoms with E-state index in [9.17, 15) is 0 Å². The highest BCUT2D eigenvalue weighted by Gasteiger charge is 2.02. The Morgan fingerprint density at radius 2 is 2.31 bits per heavy atom. The number of hydrogen-bond donors (Lipinski definition) is 0. The van der Waals surface area contributed by atoms with Gasteiger partial charge in [0.1, 0.15) is 5.82 Å².